The van der Waals surface area contributed by atoms with Crippen LogP contribution >= 0.6 is 11.3 Å². The van der Waals surface area contributed by atoms with E-state index in [1.807, 2.05) is 23.4 Å². The number of likely N-dealkylation sites (N-methyl/N-ethyl adjacent to an activating group) is 1. The molecule has 0 radical (unpaired) electrons. The highest BCUT2D eigenvalue weighted by molar-refractivity contribution is 7.07. The molecule has 106 valence electrons. The third kappa shape index (κ3) is 4.04. The van der Waals surface area contributed by atoms with Gasteiger partial charge < -0.3 is 11.1 Å². The molecule has 0 unspecified atom stereocenters. The number of hydrogen-bond acceptors (Lipinski definition) is 4. The molecule has 0 aliphatic rings. The van der Waals surface area contributed by atoms with E-state index in [0.29, 0.717) is 12.2 Å². The third-order valence-electron chi connectivity index (χ3n) is 2.73. The first kappa shape index (κ1) is 14.5. The van der Waals surface area contributed by atoms with Gasteiger partial charge in [-0.1, -0.05) is 0 Å². The number of nitrogens with two attached hydrogens (primary N) is 1. The number of anilines is 2. The van der Waals surface area contributed by atoms with E-state index in [1.165, 1.54) is 23.8 Å². The summed E-state index contributed by atoms with van der Waals surface area (Å²) in [6, 6.07) is 6.16. The van der Waals surface area contributed by atoms with Gasteiger partial charge in [0.25, 0.3) is 0 Å². The molecule has 0 spiro atoms. The van der Waals surface area contributed by atoms with Crippen molar-refractivity contribution in [2.24, 2.45) is 0 Å². The van der Waals surface area contributed by atoms with Crippen LogP contribution in [-0.2, 0) is 11.3 Å². The minimum Gasteiger partial charge on any atom is -0.396 e. The highest BCUT2D eigenvalue weighted by Crippen LogP contribution is 2.16. The molecular weight excluding hydrogens is 277 g/mol. The molecule has 2 aromatic rings. The normalized spacial score (nSPS) is 10.8. The van der Waals surface area contributed by atoms with E-state index in [1.54, 1.807) is 11.3 Å². The molecule has 0 saturated heterocycles. The second-order valence-electron chi connectivity index (χ2n) is 4.59. The molecule has 0 aliphatic heterocycles. The molecular formula is C14H16FN3OS. The number of amides is 1. The molecule has 1 aromatic heterocycles. The lowest BCUT2D eigenvalue weighted by atomic mass is 10.2. The summed E-state index contributed by atoms with van der Waals surface area (Å²) in [7, 11) is 1.87. The fourth-order valence-electron chi connectivity index (χ4n) is 1.82. The summed E-state index contributed by atoms with van der Waals surface area (Å²) in [6.45, 7) is 0.968. The van der Waals surface area contributed by atoms with E-state index in [-0.39, 0.29) is 18.1 Å². The molecule has 4 nitrogen and oxygen atoms in total. The van der Waals surface area contributed by atoms with Crippen LogP contribution in [0.5, 0.6) is 0 Å². The smallest absolute Gasteiger partial charge is 0.238 e. The molecule has 0 saturated carbocycles. The van der Waals surface area contributed by atoms with Crippen LogP contribution in [0.15, 0.2) is 35.0 Å². The lowest BCUT2D eigenvalue weighted by Gasteiger charge is -2.15. The molecule has 0 bridgehead atoms. The average molecular weight is 293 g/mol. The molecule has 0 atom stereocenters. The van der Waals surface area contributed by atoms with Crippen LogP contribution in [0, 0.1) is 5.82 Å². The standard InChI is InChI=1S/C14H16FN3OS/c1-18(7-10-4-5-20-9-10)8-14(19)17-11-2-3-12(15)13(16)6-11/h2-6,9H,7-8,16H2,1H3,(H,17,19). The van der Waals surface area contributed by atoms with Gasteiger partial charge in [-0.05, 0) is 47.6 Å². The van der Waals surface area contributed by atoms with Gasteiger partial charge in [0.15, 0.2) is 0 Å². The number of rotatable bonds is 5. The molecule has 20 heavy (non-hydrogen) atoms. The number of hydrogen-bond donors (Lipinski definition) is 2. The SMILES string of the molecule is CN(CC(=O)Nc1ccc(F)c(N)c1)Cc1ccsc1. The Morgan fingerprint density at radius 1 is 1.45 bits per heavy atom. The summed E-state index contributed by atoms with van der Waals surface area (Å²) in [5, 5.41) is 6.75. The maximum absolute atomic E-state index is 13.0. The topological polar surface area (TPSA) is 58.4 Å². The Bertz CT molecular complexity index is 586. The van der Waals surface area contributed by atoms with Gasteiger partial charge in [0.1, 0.15) is 5.82 Å². The van der Waals surface area contributed by atoms with Crippen LogP contribution in [-0.4, -0.2) is 24.4 Å². The second kappa shape index (κ2) is 6.49. The number of thiophene rings is 1. The summed E-state index contributed by atoms with van der Waals surface area (Å²) in [6.07, 6.45) is 0. The average Bonchev–Trinajstić information content (AvgIpc) is 2.86. The van der Waals surface area contributed by atoms with E-state index >= 15 is 0 Å². The van der Waals surface area contributed by atoms with Gasteiger partial charge in [0.05, 0.1) is 12.2 Å². The third-order valence-corrected chi connectivity index (χ3v) is 3.46. The van der Waals surface area contributed by atoms with Gasteiger partial charge in [-0.15, -0.1) is 0 Å². The minimum absolute atomic E-state index is 0.0226. The number of benzene rings is 1. The molecule has 6 heteroatoms. The van der Waals surface area contributed by atoms with E-state index in [2.05, 4.69) is 10.7 Å². The molecule has 1 aromatic carbocycles. The number of carbonyl (C=O) groups is 1. The number of carbonyl (C=O) groups excluding carboxylic acids is 1. The summed E-state index contributed by atoms with van der Waals surface area (Å²) in [5.74, 6) is -0.647. The monoisotopic (exact) mass is 293 g/mol. The molecule has 2 rings (SSSR count). The molecule has 1 amide bonds. The zero-order chi connectivity index (χ0) is 14.5. The lowest BCUT2D eigenvalue weighted by Crippen LogP contribution is -2.29. The minimum atomic E-state index is -0.488. The van der Waals surface area contributed by atoms with Gasteiger partial charge >= 0.3 is 0 Å². The highest BCUT2D eigenvalue weighted by Gasteiger charge is 2.08. The van der Waals surface area contributed by atoms with Crippen LogP contribution in [0.3, 0.4) is 0 Å². The molecule has 0 fully saturated rings. The van der Waals surface area contributed by atoms with Crippen molar-refractivity contribution in [1.82, 2.24) is 4.90 Å². The van der Waals surface area contributed by atoms with Gasteiger partial charge in [-0.25, -0.2) is 4.39 Å². The zero-order valence-electron chi connectivity index (χ0n) is 11.1. The van der Waals surface area contributed by atoms with Crippen molar-refractivity contribution in [2.45, 2.75) is 6.54 Å². The molecule has 0 aliphatic carbocycles. The molecule has 3 N–H and O–H groups in total. The maximum atomic E-state index is 13.0. The van der Waals surface area contributed by atoms with Crippen LogP contribution in [0.2, 0.25) is 0 Å². The Morgan fingerprint density at radius 3 is 2.90 bits per heavy atom. The van der Waals surface area contributed by atoms with Crippen molar-refractivity contribution in [1.29, 1.82) is 0 Å². The highest BCUT2D eigenvalue weighted by atomic mass is 32.1. The Balaban J connectivity index is 1.87. The first-order valence-electron chi connectivity index (χ1n) is 6.09. The van der Waals surface area contributed by atoms with Crippen LogP contribution in [0.1, 0.15) is 5.56 Å². The fourth-order valence-corrected chi connectivity index (χ4v) is 2.48. The predicted molar refractivity (Wildman–Crippen MR) is 80.1 cm³/mol. The van der Waals surface area contributed by atoms with Crippen molar-refractivity contribution in [2.75, 3.05) is 24.6 Å². The van der Waals surface area contributed by atoms with Crippen molar-refractivity contribution < 1.29 is 9.18 Å². The first-order valence-corrected chi connectivity index (χ1v) is 7.03. The Morgan fingerprint density at radius 2 is 2.25 bits per heavy atom. The van der Waals surface area contributed by atoms with Gasteiger partial charge in [0, 0.05) is 12.2 Å². The van der Waals surface area contributed by atoms with Gasteiger partial charge in [-0.3, -0.25) is 9.69 Å². The predicted octanol–water partition coefficient (Wildman–Crippen LogP) is 2.54. The quantitative estimate of drug-likeness (QED) is 0.833. The number of nitrogen functional groups attached to an aromatic ring is 1. The summed E-state index contributed by atoms with van der Waals surface area (Å²) in [4.78, 5) is 13.8. The van der Waals surface area contributed by atoms with E-state index in [0.717, 1.165) is 0 Å². The summed E-state index contributed by atoms with van der Waals surface area (Å²) >= 11 is 1.63. The Kier molecular flexibility index (Phi) is 4.70. The van der Waals surface area contributed by atoms with E-state index < -0.39 is 5.82 Å². The van der Waals surface area contributed by atoms with Crippen molar-refractivity contribution in [3.63, 3.8) is 0 Å². The Hall–Kier alpha value is -1.92. The molecule has 1 heterocycles. The van der Waals surface area contributed by atoms with E-state index in [9.17, 15) is 9.18 Å². The van der Waals surface area contributed by atoms with Crippen LogP contribution in [0.25, 0.3) is 0 Å². The first-order chi connectivity index (χ1) is 9.54. The zero-order valence-corrected chi connectivity index (χ0v) is 11.9. The number of nitrogens with one attached hydrogen (secondary N) is 1. The number of nitrogens with zero attached hydrogens (tertiary/aromatic N) is 1. The maximum Gasteiger partial charge on any atom is 0.238 e. The lowest BCUT2D eigenvalue weighted by molar-refractivity contribution is -0.117. The van der Waals surface area contributed by atoms with Gasteiger partial charge in [0.2, 0.25) is 5.91 Å². The van der Waals surface area contributed by atoms with Crippen LogP contribution in [0.4, 0.5) is 15.8 Å². The largest absolute Gasteiger partial charge is 0.396 e. The Labute approximate surface area is 121 Å². The second-order valence-corrected chi connectivity index (χ2v) is 5.37. The van der Waals surface area contributed by atoms with Crippen molar-refractivity contribution >= 4 is 28.6 Å². The summed E-state index contributed by atoms with van der Waals surface area (Å²) < 4.78 is 13.0. The number of halogens is 1. The van der Waals surface area contributed by atoms with Crippen molar-refractivity contribution in [3.05, 3.63) is 46.4 Å². The van der Waals surface area contributed by atoms with Crippen LogP contribution < -0.4 is 11.1 Å². The summed E-state index contributed by atoms with van der Waals surface area (Å²) in [5.41, 5.74) is 7.15. The fraction of sp³-hybridized carbons (Fsp3) is 0.214. The van der Waals surface area contributed by atoms with Crippen molar-refractivity contribution in [3.8, 4) is 0 Å². The van der Waals surface area contributed by atoms with E-state index in [4.69, 9.17) is 5.73 Å². The van der Waals surface area contributed by atoms with Gasteiger partial charge in [-0.2, -0.15) is 11.3 Å².